The van der Waals surface area contributed by atoms with E-state index in [9.17, 15) is 17.6 Å². The summed E-state index contributed by atoms with van der Waals surface area (Å²) in [6.07, 6.45) is 0. The van der Waals surface area contributed by atoms with Gasteiger partial charge in [0.1, 0.15) is 5.82 Å². The van der Waals surface area contributed by atoms with Crippen molar-refractivity contribution < 1.29 is 22.3 Å². The van der Waals surface area contributed by atoms with Crippen LogP contribution in [-0.2, 0) is 14.8 Å². The number of nitrogens with one attached hydrogen (secondary N) is 1. The number of rotatable bonds is 4. The van der Waals surface area contributed by atoms with Gasteiger partial charge in [-0.1, -0.05) is 18.2 Å². The highest BCUT2D eigenvalue weighted by Gasteiger charge is 2.16. The zero-order valence-electron chi connectivity index (χ0n) is 11.0. The van der Waals surface area contributed by atoms with Gasteiger partial charge in [-0.05, 0) is 30.3 Å². The molecule has 0 saturated heterocycles. The molecule has 5 nitrogen and oxygen atoms in total. The lowest BCUT2D eigenvalue weighted by Crippen LogP contribution is -2.13. The molecule has 0 aliphatic rings. The average Bonchev–Trinajstić information content (AvgIpc) is 2.47. The fourth-order valence-corrected chi connectivity index (χ4v) is 2.74. The van der Waals surface area contributed by atoms with E-state index >= 15 is 0 Å². The van der Waals surface area contributed by atoms with Crippen LogP contribution in [0.3, 0.4) is 0 Å². The summed E-state index contributed by atoms with van der Waals surface area (Å²) in [4.78, 5) is 11.3. The van der Waals surface area contributed by atoms with Crippen molar-refractivity contribution in [3.63, 3.8) is 0 Å². The Labute approximate surface area is 121 Å². The van der Waals surface area contributed by atoms with E-state index in [-0.39, 0.29) is 16.1 Å². The Morgan fingerprint density at radius 1 is 1.14 bits per heavy atom. The SMILES string of the molecule is COC(=O)c1ccc(NS(=O)(=O)c2ccccc2)cc1F. The van der Waals surface area contributed by atoms with Crippen LogP contribution in [0.1, 0.15) is 10.4 Å². The molecule has 0 aromatic heterocycles. The molecule has 21 heavy (non-hydrogen) atoms. The van der Waals surface area contributed by atoms with Gasteiger partial charge in [0.05, 0.1) is 23.3 Å². The van der Waals surface area contributed by atoms with Gasteiger partial charge < -0.3 is 4.74 Å². The van der Waals surface area contributed by atoms with Crippen LogP contribution < -0.4 is 4.72 Å². The van der Waals surface area contributed by atoms with Gasteiger partial charge >= 0.3 is 5.97 Å². The van der Waals surface area contributed by atoms with Crippen molar-refractivity contribution >= 4 is 21.7 Å². The minimum Gasteiger partial charge on any atom is -0.465 e. The molecule has 0 fully saturated rings. The van der Waals surface area contributed by atoms with Crippen LogP contribution in [0.15, 0.2) is 53.4 Å². The van der Waals surface area contributed by atoms with E-state index in [1.54, 1.807) is 18.2 Å². The maximum absolute atomic E-state index is 13.7. The van der Waals surface area contributed by atoms with Crippen LogP contribution >= 0.6 is 0 Å². The van der Waals surface area contributed by atoms with Gasteiger partial charge in [-0.15, -0.1) is 0 Å². The number of sulfonamides is 1. The van der Waals surface area contributed by atoms with Gasteiger partial charge in [0.2, 0.25) is 0 Å². The Hall–Kier alpha value is -2.41. The summed E-state index contributed by atoms with van der Waals surface area (Å²) in [5.41, 5.74) is -0.246. The molecule has 0 unspecified atom stereocenters. The summed E-state index contributed by atoms with van der Waals surface area (Å²) in [5, 5.41) is 0. The van der Waals surface area contributed by atoms with Crippen molar-refractivity contribution in [3.8, 4) is 0 Å². The van der Waals surface area contributed by atoms with Crippen LogP contribution in [0.5, 0.6) is 0 Å². The molecular formula is C14H12FNO4S. The fraction of sp³-hybridized carbons (Fsp3) is 0.0714. The maximum atomic E-state index is 13.7. The molecule has 0 bridgehead atoms. The summed E-state index contributed by atoms with van der Waals surface area (Å²) in [6, 6.07) is 11.0. The van der Waals surface area contributed by atoms with Crippen molar-refractivity contribution in [2.75, 3.05) is 11.8 Å². The summed E-state index contributed by atoms with van der Waals surface area (Å²) >= 11 is 0. The molecule has 7 heteroatoms. The summed E-state index contributed by atoms with van der Waals surface area (Å²) in [7, 11) is -2.67. The quantitative estimate of drug-likeness (QED) is 0.880. The van der Waals surface area contributed by atoms with Gasteiger partial charge in [0, 0.05) is 0 Å². The zero-order valence-corrected chi connectivity index (χ0v) is 11.9. The van der Waals surface area contributed by atoms with Gasteiger partial charge in [0.25, 0.3) is 10.0 Å². The van der Waals surface area contributed by atoms with Gasteiger partial charge in [-0.3, -0.25) is 4.72 Å². The molecule has 110 valence electrons. The molecule has 2 rings (SSSR count). The van der Waals surface area contributed by atoms with Crippen molar-refractivity contribution in [1.82, 2.24) is 0 Å². The Morgan fingerprint density at radius 2 is 1.81 bits per heavy atom. The number of hydrogen-bond acceptors (Lipinski definition) is 4. The Balaban J connectivity index is 2.29. The molecule has 0 amide bonds. The smallest absolute Gasteiger partial charge is 0.340 e. The van der Waals surface area contributed by atoms with Gasteiger partial charge in [-0.25, -0.2) is 17.6 Å². The topological polar surface area (TPSA) is 72.5 Å². The first-order chi connectivity index (χ1) is 9.94. The van der Waals surface area contributed by atoms with E-state index in [0.717, 1.165) is 19.2 Å². The van der Waals surface area contributed by atoms with E-state index in [0.29, 0.717) is 0 Å². The van der Waals surface area contributed by atoms with E-state index in [4.69, 9.17) is 0 Å². The molecule has 2 aromatic rings. The Kier molecular flexibility index (Phi) is 4.23. The van der Waals surface area contributed by atoms with E-state index in [2.05, 4.69) is 9.46 Å². The van der Waals surface area contributed by atoms with Crippen molar-refractivity contribution in [2.24, 2.45) is 0 Å². The summed E-state index contributed by atoms with van der Waals surface area (Å²) in [5.74, 6) is -1.69. The van der Waals surface area contributed by atoms with Crippen LogP contribution in [0.4, 0.5) is 10.1 Å². The number of hydrogen-bond donors (Lipinski definition) is 1. The van der Waals surface area contributed by atoms with E-state index in [1.165, 1.54) is 18.2 Å². The highest BCUT2D eigenvalue weighted by Crippen LogP contribution is 2.19. The van der Waals surface area contributed by atoms with Crippen LogP contribution in [0.25, 0.3) is 0 Å². The molecule has 0 heterocycles. The molecular weight excluding hydrogens is 297 g/mol. The normalized spacial score (nSPS) is 11.0. The molecule has 0 aliphatic carbocycles. The third kappa shape index (κ3) is 3.38. The third-order valence-electron chi connectivity index (χ3n) is 2.68. The van der Waals surface area contributed by atoms with Gasteiger partial charge in [0.15, 0.2) is 0 Å². The Bertz CT molecular complexity index is 760. The number of esters is 1. The number of carbonyl (C=O) groups is 1. The standard InChI is InChI=1S/C14H12FNO4S/c1-20-14(17)12-8-7-10(9-13(12)15)16-21(18,19)11-5-3-2-4-6-11/h2-9,16H,1H3. The number of benzene rings is 2. The minimum atomic E-state index is -3.80. The van der Waals surface area contributed by atoms with Crippen molar-refractivity contribution in [3.05, 3.63) is 59.9 Å². The predicted molar refractivity (Wildman–Crippen MR) is 75.0 cm³/mol. The first-order valence-corrected chi connectivity index (χ1v) is 7.38. The number of methoxy groups -OCH3 is 1. The monoisotopic (exact) mass is 309 g/mol. The summed E-state index contributed by atoms with van der Waals surface area (Å²) in [6.45, 7) is 0. The lowest BCUT2D eigenvalue weighted by Gasteiger charge is -2.09. The lowest BCUT2D eigenvalue weighted by atomic mass is 10.2. The van der Waals surface area contributed by atoms with Crippen LogP contribution in [0.2, 0.25) is 0 Å². The number of carbonyl (C=O) groups excluding carboxylic acids is 1. The maximum Gasteiger partial charge on any atom is 0.340 e. The van der Waals surface area contributed by atoms with Crippen molar-refractivity contribution in [1.29, 1.82) is 0 Å². The molecule has 0 radical (unpaired) electrons. The average molecular weight is 309 g/mol. The van der Waals surface area contributed by atoms with Gasteiger partial charge in [-0.2, -0.15) is 0 Å². The molecule has 0 spiro atoms. The number of halogens is 1. The van der Waals surface area contributed by atoms with E-state index < -0.39 is 21.8 Å². The number of anilines is 1. The first kappa shape index (κ1) is 15.0. The number of ether oxygens (including phenoxy) is 1. The van der Waals surface area contributed by atoms with Crippen LogP contribution in [-0.4, -0.2) is 21.5 Å². The third-order valence-corrected chi connectivity index (χ3v) is 4.08. The Morgan fingerprint density at radius 3 is 2.38 bits per heavy atom. The lowest BCUT2D eigenvalue weighted by molar-refractivity contribution is 0.0595. The zero-order chi connectivity index (χ0) is 15.5. The minimum absolute atomic E-state index is 0.0176. The predicted octanol–water partition coefficient (Wildman–Crippen LogP) is 2.41. The second kappa shape index (κ2) is 5.92. The second-order valence-corrected chi connectivity index (χ2v) is 5.79. The highest BCUT2D eigenvalue weighted by molar-refractivity contribution is 7.92. The first-order valence-electron chi connectivity index (χ1n) is 5.90. The van der Waals surface area contributed by atoms with Crippen LogP contribution in [0, 0.1) is 5.82 Å². The largest absolute Gasteiger partial charge is 0.465 e. The molecule has 1 N–H and O–H groups in total. The molecule has 0 saturated carbocycles. The van der Waals surface area contributed by atoms with Crippen molar-refractivity contribution in [2.45, 2.75) is 4.90 Å². The highest BCUT2D eigenvalue weighted by atomic mass is 32.2. The second-order valence-electron chi connectivity index (χ2n) is 4.10. The van der Waals surface area contributed by atoms with E-state index in [1.807, 2.05) is 0 Å². The summed E-state index contributed by atoms with van der Waals surface area (Å²) < 4.78 is 44.5. The molecule has 2 aromatic carbocycles. The fourth-order valence-electron chi connectivity index (χ4n) is 1.67. The molecule has 0 atom stereocenters. The molecule has 0 aliphatic heterocycles.